The van der Waals surface area contributed by atoms with Crippen molar-refractivity contribution >= 4 is 28.1 Å². The van der Waals surface area contributed by atoms with Crippen LogP contribution in [0.15, 0.2) is 18.2 Å². The molecular weight excluding hydrogens is 277 g/mol. The number of nitrogens with one attached hydrogen (secondary N) is 1. The maximum Gasteiger partial charge on any atom is 0.259 e. The Morgan fingerprint density at radius 1 is 1.35 bits per heavy atom. The van der Waals surface area contributed by atoms with Gasteiger partial charge in [0.2, 0.25) is 0 Å². The molecule has 20 heavy (non-hydrogen) atoms. The van der Waals surface area contributed by atoms with Crippen molar-refractivity contribution in [2.45, 2.75) is 25.7 Å². The van der Waals surface area contributed by atoms with Crippen molar-refractivity contribution in [3.05, 3.63) is 40.2 Å². The number of anilines is 2. The van der Waals surface area contributed by atoms with Gasteiger partial charge in [-0.25, -0.2) is 9.37 Å². The van der Waals surface area contributed by atoms with Gasteiger partial charge in [0.15, 0.2) is 5.13 Å². The second kappa shape index (κ2) is 5.20. The third-order valence-electron chi connectivity index (χ3n) is 3.36. The topological polar surface area (TPSA) is 68.0 Å². The number of nitrogen functional groups attached to an aromatic ring is 1. The zero-order valence-electron chi connectivity index (χ0n) is 10.8. The number of carbonyl (C=O) groups is 1. The van der Waals surface area contributed by atoms with Crippen LogP contribution in [-0.2, 0) is 12.8 Å². The molecule has 0 radical (unpaired) electrons. The smallest absolute Gasteiger partial charge is 0.259 e. The average molecular weight is 291 g/mol. The molecule has 6 heteroatoms. The molecule has 1 aromatic carbocycles. The number of rotatable bonds is 2. The van der Waals surface area contributed by atoms with Gasteiger partial charge in [-0.15, -0.1) is 11.3 Å². The fourth-order valence-electron chi connectivity index (χ4n) is 2.30. The van der Waals surface area contributed by atoms with E-state index >= 15 is 0 Å². The van der Waals surface area contributed by atoms with Gasteiger partial charge in [-0.2, -0.15) is 0 Å². The SMILES string of the molecule is Nc1c(F)cccc1C(=O)Nc1nc2c(s1)CCCC2. The van der Waals surface area contributed by atoms with Gasteiger partial charge in [-0.3, -0.25) is 10.1 Å². The zero-order chi connectivity index (χ0) is 14.1. The number of halogens is 1. The molecule has 0 saturated carbocycles. The number of carbonyl (C=O) groups excluding carboxylic acids is 1. The Hall–Kier alpha value is -1.95. The van der Waals surface area contributed by atoms with Crippen molar-refractivity contribution in [2.24, 2.45) is 0 Å². The Labute approximate surface area is 119 Å². The van der Waals surface area contributed by atoms with E-state index in [4.69, 9.17) is 5.73 Å². The summed E-state index contributed by atoms with van der Waals surface area (Å²) in [5.41, 5.74) is 6.66. The van der Waals surface area contributed by atoms with Gasteiger partial charge in [-0.05, 0) is 37.8 Å². The lowest BCUT2D eigenvalue weighted by molar-refractivity contribution is 0.102. The molecule has 3 rings (SSSR count). The van der Waals surface area contributed by atoms with Gasteiger partial charge in [0.05, 0.1) is 16.9 Å². The molecule has 1 aliphatic carbocycles. The molecular formula is C14H14FN3OS. The highest BCUT2D eigenvalue weighted by atomic mass is 32.1. The maximum absolute atomic E-state index is 13.3. The number of amides is 1. The number of aryl methyl sites for hydroxylation is 2. The van der Waals surface area contributed by atoms with E-state index in [2.05, 4.69) is 10.3 Å². The molecule has 2 aromatic rings. The predicted octanol–water partition coefficient (Wildman–Crippen LogP) is 3.00. The van der Waals surface area contributed by atoms with E-state index in [1.165, 1.54) is 40.8 Å². The van der Waals surface area contributed by atoms with Crippen LogP contribution in [0, 0.1) is 5.82 Å². The average Bonchev–Trinajstić information content (AvgIpc) is 2.83. The molecule has 1 amide bonds. The van der Waals surface area contributed by atoms with Gasteiger partial charge < -0.3 is 5.73 Å². The Morgan fingerprint density at radius 2 is 2.15 bits per heavy atom. The van der Waals surface area contributed by atoms with Crippen molar-refractivity contribution in [2.75, 3.05) is 11.1 Å². The van der Waals surface area contributed by atoms with Crippen molar-refractivity contribution in [1.82, 2.24) is 4.98 Å². The number of para-hydroxylation sites is 1. The lowest BCUT2D eigenvalue weighted by Gasteiger charge is -2.06. The number of benzene rings is 1. The summed E-state index contributed by atoms with van der Waals surface area (Å²) in [6, 6.07) is 4.20. The normalized spacial score (nSPS) is 13.8. The zero-order valence-corrected chi connectivity index (χ0v) is 11.6. The number of aromatic nitrogens is 1. The Balaban J connectivity index is 1.82. The van der Waals surface area contributed by atoms with Gasteiger partial charge in [0.25, 0.3) is 5.91 Å². The molecule has 0 bridgehead atoms. The van der Waals surface area contributed by atoms with Gasteiger partial charge in [0, 0.05) is 4.88 Å². The number of nitrogens with two attached hydrogens (primary N) is 1. The van der Waals surface area contributed by atoms with Crippen molar-refractivity contribution in [3.63, 3.8) is 0 Å². The summed E-state index contributed by atoms with van der Waals surface area (Å²) in [6.45, 7) is 0. The van der Waals surface area contributed by atoms with E-state index in [0.717, 1.165) is 25.0 Å². The lowest BCUT2D eigenvalue weighted by Crippen LogP contribution is -2.14. The molecule has 104 valence electrons. The summed E-state index contributed by atoms with van der Waals surface area (Å²) in [5, 5.41) is 3.27. The molecule has 0 aliphatic heterocycles. The van der Waals surface area contributed by atoms with Gasteiger partial charge in [-0.1, -0.05) is 6.07 Å². The number of nitrogens with zero attached hydrogens (tertiary/aromatic N) is 1. The largest absolute Gasteiger partial charge is 0.396 e. The number of thiazole rings is 1. The third-order valence-corrected chi connectivity index (χ3v) is 4.44. The molecule has 1 heterocycles. The molecule has 0 atom stereocenters. The Morgan fingerprint density at radius 3 is 2.95 bits per heavy atom. The quantitative estimate of drug-likeness (QED) is 0.836. The summed E-state index contributed by atoms with van der Waals surface area (Å²) in [4.78, 5) is 17.8. The first-order valence-corrected chi connectivity index (χ1v) is 7.30. The van der Waals surface area contributed by atoms with Crippen molar-refractivity contribution in [3.8, 4) is 0 Å². The minimum Gasteiger partial charge on any atom is -0.396 e. The second-order valence-corrected chi connectivity index (χ2v) is 5.83. The molecule has 4 nitrogen and oxygen atoms in total. The van der Waals surface area contributed by atoms with Crippen LogP contribution in [0.1, 0.15) is 33.8 Å². The van der Waals surface area contributed by atoms with E-state index in [9.17, 15) is 9.18 Å². The highest BCUT2D eigenvalue weighted by Gasteiger charge is 2.18. The number of fused-ring (bicyclic) bond motifs is 1. The summed E-state index contributed by atoms with van der Waals surface area (Å²) in [5.74, 6) is -1.01. The van der Waals surface area contributed by atoms with Crippen LogP contribution >= 0.6 is 11.3 Å². The second-order valence-electron chi connectivity index (χ2n) is 4.75. The first kappa shape index (κ1) is 13.1. The molecule has 0 spiro atoms. The monoisotopic (exact) mass is 291 g/mol. The minimum atomic E-state index is -0.587. The summed E-state index contributed by atoms with van der Waals surface area (Å²) in [7, 11) is 0. The van der Waals surface area contributed by atoms with Crippen molar-refractivity contribution < 1.29 is 9.18 Å². The Kier molecular flexibility index (Phi) is 3.40. The molecule has 1 aromatic heterocycles. The summed E-state index contributed by atoms with van der Waals surface area (Å²) in [6.07, 6.45) is 4.29. The first-order chi connectivity index (χ1) is 9.65. The fourth-order valence-corrected chi connectivity index (χ4v) is 3.35. The molecule has 0 saturated heterocycles. The van der Waals surface area contributed by atoms with Crippen molar-refractivity contribution in [1.29, 1.82) is 0 Å². The van der Waals surface area contributed by atoms with Gasteiger partial charge >= 0.3 is 0 Å². The molecule has 3 N–H and O–H groups in total. The number of hydrogen-bond donors (Lipinski definition) is 2. The third kappa shape index (κ3) is 2.38. The van der Waals surface area contributed by atoms with E-state index in [-0.39, 0.29) is 11.3 Å². The van der Waals surface area contributed by atoms with Crippen LogP contribution in [0.25, 0.3) is 0 Å². The van der Waals surface area contributed by atoms with E-state index in [1.807, 2.05) is 0 Å². The summed E-state index contributed by atoms with van der Waals surface area (Å²) < 4.78 is 13.3. The lowest BCUT2D eigenvalue weighted by atomic mass is 10.0. The van der Waals surface area contributed by atoms with E-state index in [1.54, 1.807) is 0 Å². The van der Waals surface area contributed by atoms with Crippen LogP contribution in [0.2, 0.25) is 0 Å². The Bertz CT molecular complexity index is 645. The van der Waals surface area contributed by atoms with Gasteiger partial charge in [0.1, 0.15) is 5.82 Å². The minimum absolute atomic E-state index is 0.133. The molecule has 0 fully saturated rings. The van der Waals surface area contributed by atoms with E-state index in [0.29, 0.717) is 5.13 Å². The fraction of sp³-hybridized carbons (Fsp3) is 0.286. The first-order valence-electron chi connectivity index (χ1n) is 6.49. The standard InChI is InChI=1S/C14H14FN3OS/c15-9-5-3-4-8(12(9)16)13(19)18-14-17-10-6-1-2-7-11(10)20-14/h3-5H,1-2,6-7,16H2,(H,17,18,19). The van der Waals surface area contributed by atoms with Crippen LogP contribution in [-0.4, -0.2) is 10.9 Å². The van der Waals surface area contributed by atoms with E-state index < -0.39 is 11.7 Å². The molecule has 1 aliphatic rings. The van der Waals surface area contributed by atoms with Crippen LogP contribution in [0.4, 0.5) is 15.2 Å². The van der Waals surface area contributed by atoms with Crippen LogP contribution in [0.5, 0.6) is 0 Å². The summed E-state index contributed by atoms with van der Waals surface area (Å²) >= 11 is 1.49. The molecule has 0 unspecified atom stereocenters. The highest BCUT2D eigenvalue weighted by Crippen LogP contribution is 2.30. The van der Waals surface area contributed by atoms with Crippen LogP contribution in [0.3, 0.4) is 0 Å². The predicted molar refractivity (Wildman–Crippen MR) is 77.5 cm³/mol. The highest BCUT2D eigenvalue weighted by molar-refractivity contribution is 7.15. The number of hydrogen-bond acceptors (Lipinski definition) is 4. The maximum atomic E-state index is 13.3. The van der Waals surface area contributed by atoms with Crippen LogP contribution < -0.4 is 11.1 Å².